The van der Waals surface area contributed by atoms with Gasteiger partial charge in [-0.15, -0.1) is 0 Å². The maximum Gasteiger partial charge on any atom is 0.126 e. The lowest BCUT2D eigenvalue weighted by atomic mass is 10.1. The first-order chi connectivity index (χ1) is 9.17. The van der Waals surface area contributed by atoms with E-state index >= 15 is 0 Å². The molecule has 0 fully saturated rings. The Kier molecular flexibility index (Phi) is 7.27. The van der Waals surface area contributed by atoms with Crippen molar-refractivity contribution in [1.29, 1.82) is 0 Å². The molecule has 0 radical (unpaired) electrons. The molecular formula is C17H26O2. The summed E-state index contributed by atoms with van der Waals surface area (Å²) in [5.74, 6) is 0.940. The topological polar surface area (TPSA) is 18.5 Å². The van der Waals surface area contributed by atoms with Crippen molar-refractivity contribution in [3.63, 3.8) is 0 Å². The molecule has 0 saturated carbocycles. The van der Waals surface area contributed by atoms with Gasteiger partial charge in [0.2, 0.25) is 0 Å². The van der Waals surface area contributed by atoms with Crippen LogP contribution in [-0.4, -0.2) is 20.3 Å². The van der Waals surface area contributed by atoms with Crippen molar-refractivity contribution in [3.05, 3.63) is 35.4 Å². The van der Waals surface area contributed by atoms with E-state index in [0.717, 1.165) is 24.2 Å². The van der Waals surface area contributed by atoms with Crippen molar-refractivity contribution < 1.29 is 9.47 Å². The first kappa shape index (κ1) is 15.8. The van der Waals surface area contributed by atoms with Crippen LogP contribution >= 0.6 is 0 Å². The zero-order chi connectivity index (χ0) is 14.1. The zero-order valence-corrected chi connectivity index (χ0v) is 12.6. The summed E-state index contributed by atoms with van der Waals surface area (Å²) >= 11 is 0. The first-order valence-corrected chi connectivity index (χ1v) is 7.01. The normalized spacial score (nSPS) is 12.8. The fraction of sp³-hybridized carbons (Fsp3) is 0.529. The molecule has 2 nitrogen and oxygen atoms in total. The smallest absolute Gasteiger partial charge is 0.126 e. The summed E-state index contributed by atoms with van der Waals surface area (Å²) in [6.07, 6.45) is 9.43. The second-order valence-corrected chi connectivity index (χ2v) is 4.98. The SMILES string of the molecule is COc1ccc(C)cc1/C=C/CCCCC(C)OC. The Hall–Kier alpha value is -1.28. The van der Waals surface area contributed by atoms with Crippen LogP contribution in [0.4, 0.5) is 0 Å². The van der Waals surface area contributed by atoms with Crippen molar-refractivity contribution >= 4 is 6.08 Å². The molecule has 0 aliphatic heterocycles. The Balaban J connectivity index is 2.38. The van der Waals surface area contributed by atoms with Gasteiger partial charge < -0.3 is 9.47 Å². The molecule has 0 spiro atoms. The van der Waals surface area contributed by atoms with E-state index in [0.29, 0.717) is 6.10 Å². The molecule has 0 amide bonds. The van der Waals surface area contributed by atoms with Gasteiger partial charge in [0.05, 0.1) is 13.2 Å². The van der Waals surface area contributed by atoms with Crippen molar-refractivity contribution in [3.8, 4) is 5.75 Å². The van der Waals surface area contributed by atoms with Crippen molar-refractivity contribution in [2.24, 2.45) is 0 Å². The van der Waals surface area contributed by atoms with Gasteiger partial charge in [0, 0.05) is 12.7 Å². The third-order valence-corrected chi connectivity index (χ3v) is 3.32. The van der Waals surface area contributed by atoms with Crippen LogP contribution in [0.25, 0.3) is 6.08 Å². The number of benzene rings is 1. The monoisotopic (exact) mass is 262 g/mol. The van der Waals surface area contributed by atoms with Crippen LogP contribution in [0.2, 0.25) is 0 Å². The third-order valence-electron chi connectivity index (χ3n) is 3.32. The summed E-state index contributed by atoms with van der Waals surface area (Å²) < 4.78 is 10.6. The molecule has 1 atom stereocenters. The molecular weight excluding hydrogens is 236 g/mol. The van der Waals surface area contributed by atoms with Gasteiger partial charge in [-0.25, -0.2) is 0 Å². The Morgan fingerprint density at radius 1 is 1.21 bits per heavy atom. The molecule has 1 unspecified atom stereocenters. The van der Waals surface area contributed by atoms with Gasteiger partial charge >= 0.3 is 0 Å². The van der Waals surface area contributed by atoms with Gasteiger partial charge in [-0.05, 0) is 45.2 Å². The molecule has 0 aromatic heterocycles. The molecule has 0 saturated heterocycles. The van der Waals surface area contributed by atoms with Crippen LogP contribution < -0.4 is 4.74 Å². The van der Waals surface area contributed by atoms with Gasteiger partial charge in [0.15, 0.2) is 0 Å². The molecule has 1 aromatic carbocycles. The van der Waals surface area contributed by atoms with E-state index in [4.69, 9.17) is 9.47 Å². The van der Waals surface area contributed by atoms with Gasteiger partial charge in [0.1, 0.15) is 5.75 Å². The lowest BCUT2D eigenvalue weighted by Gasteiger charge is -2.07. The van der Waals surface area contributed by atoms with Gasteiger partial charge in [-0.1, -0.05) is 30.2 Å². The highest BCUT2D eigenvalue weighted by Gasteiger charge is 1.99. The zero-order valence-electron chi connectivity index (χ0n) is 12.6. The Labute approximate surface area is 117 Å². The van der Waals surface area contributed by atoms with E-state index in [-0.39, 0.29) is 0 Å². The molecule has 2 heteroatoms. The minimum atomic E-state index is 0.376. The average molecular weight is 262 g/mol. The lowest BCUT2D eigenvalue weighted by Crippen LogP contribution is -2.03. The molecule has 106 valence electrons. The predicted octanol–water partition coefficient (Wildman–Crippen LogP) is 4.61. The average Bonchev–Trinajstić information content (AvgIpc) is 2.42. The summed E-state index contributed by atoms with van der Waals surface area (Å²) in [5.41, 5.74) is 2.42. The van der Waals surface area contributed by atoms with Crippen LogP contribution in [0.15, 0.2) is 24.3 Å². The van der Waals surface area contributed by atoms with Gasteiger partial charge in [0.25, 0.3) is 0 Å². The lowest BCUT2D eigenvalue weighted by molar-refractivity contribution is 0.108. The fourth-order valence-corrected chi connectivity index (χ4v) is 2.01. The maximum absolute atomic E-state index is 5.36. The number of allylic oxidation sites excluding steroid dienone is 1. The maximum atomic E-state index is 5.36. The third kappa shape index (κ3) is 5.93. The quantitative estimate of drug-likeness (QED) is 0.637. The Morgan fingerprint density at radius 2 is 2.00 bits per heavy atom. The number of hydrogen-bond acceptors (Lipinski definition) is 2. The highest BCUT2D eigenvalue weighted by Crippen LogP contribution is 2.21. The number of methoxy groups -OCH3 is 2. The Morgan fingerprint density at radius 3 is 2.68 bits per heavy atom. The standard InChI is InChI=1S/C17H26O2/c1-14-11-12-17(19-4)16(13-14)10-8-6-5-7-9-15(2)18-3/h8,10-13,15H,5-7,9H2,1-4H3/b10-8+. The van der Waals surface area contributed by atoms with E-state index in [1.54, 1.807) is 14.2 Å². The number of hydrogen-bond donors (Lipinski definition) is 0. The fourth-order valence-electron chi connectivity index (χ4n) is 2.01. The number of aryl methyl sites for hydroxylation is 1. The van der Waals surface area contributed by atoms with E-state index in [1.165, 1.54) is 18.4 Å². The minimum Gasteiger partial charge on any atom is -0.496 e. The molecule has 0 aliphatic carbocycles. The molecule has 0 aliphatic rings. The van der Waals surface area contributed by atoms with Crippen molar-refractivity contribution in [1.82, 2.24) is 0 Å². The summed E-state index contributed by atoms with van der Waals surface area (Å²) in [6.45, 7) is 4.22. The predicted molar refractivity (Wildman–Crippen MR) is 81.7 cm³/mol. The van der Waals surface area contributed by atoms with E-state index < -0.39 is 0 Å². The van der Waals surface area contributed by atoms with Crippen molar-refractivity contribution in [2.75, 3.05) is 14.2 Å². The highest BCUT2D eigenvalue weighted by molar-refractivity contribution is 5.58. The molecule has 1 rings (SSSR count). The molecule has 0 N–H and O–H groups in total. The molecule has 0 heterocycles. The number of unbranched alkanes of at least 4 members (excludes halogenated alkanes) is 2. The number of ether oxygens (including phenoxy) is 2. The molecule has 1 aromatic rings. The van der Waals surface area contributed by atoms with Crippen LogP contribution in [0, 0.1) is 6.92 Å². The number of rotatable bonds is 8. The summed E-state index contributed by atoms with van der Waals surface area (Å²) in [4.78, 5) is 0. The van der Waals surface area contributed by atoms with Gasteiger partial charge in [-0.3, -0.25) is 0 Å². The van der Waals surface area contributed by atoms with E-state index in [9.17, 15) is 0 Å². The van der Waals surface area contributed by atoms with E-state index in [1.807, 2.05) is 6.07 Å². The minimum absolute atomic E-state index is 0.376. The van der Waals surface area contributed by atoms with Crippen LogP contribution in [0.3, 0.4) is 0 Å². The van der Waals surface area contributed by atoms with Gasteiger partial charge in [-0.2, -0.15) is 0 Å². The summed E-state index contributed by atoms with van der Waals surface area (Å²) in [7, 11) is 3.49. The van der Waals surface area contributed by atoms with Crippen LogP contribution in [0.1, 0.15) is 43.7 Å². The second kappa shape index (κ2) is 8.76. The summed E-state index contributed by atoms with van der Waals surface area (Å²) in [5, 5.41) is 0. The largest absolute Gasteiger partial charge is 0.496 e. The molecule has 19 heavy (non-hydrogen) atoms. The summed E-state index contributed by atoms with van der Waals surface area (Å²) in [6, 6.07) is 6.25. The molecule has 0 bridgehead atoms. The van der Waals surface area contributed by atoms with Crippen LogP contribution in [0.5, 0.6) is 5.75 Å². The highest BCUT2D eigenvalue weighted by atomic mass is 16.5. The van der Waals surface area contributed by atoms with Crippen LogP contribution in [-0.2, 0) is 4.74 Å². The second-order valence-electron chi connectivity index (χ2n) is 4.98. The Bertz CT molecular complexity index is 396. The van der Waals surface area contributed by atoms with E-state index in [2.05, 4.69) is 38.1 Å². The van der Waals surface area contributed by atoms with Crippen molar-refractivity contribution in [2.45, 2.75) is 45.6 Å². The first-order valence-electron chi connectivity index (χ1n) is 7.01.